The van der Waals surface area contributed by atoms with Crippen molar-refractivity contribution >= 4 is 22.4 Å². The summed E-state index contributed by atoms with van der Waals surface area (Å²) in [5, 5.41) is 12.5. The van der Waals surface area contributed by atoms with Crippen LogP contribution in [0.15, 0.2) is 0 Å². The van der Waals surface area contributed by atoms with Gasteiger partial charge in [-0.15, -0.1) is 10.2 Å². The summed E-state index contributed by atoms with van der Waals surface area (Å²) in [7, 11) is 0. The fraction of sp³-hybridized carbons (Fsp3) is 0.750. The molecule has 0 fully saturated rings. The van der Waals surface area contributed by atoms with Gasteiger partial charge >= 0.3 is 0 Å². The van der Waals surface area contributed by atoms with Gasteiger partial charge in [0.25, 0.3) is 0 Å². The molecule has 1 heterocycles. The summed E-state index contributed by atoms with van der Waals surface area (Å²) < 4.78 is 0. The average molecular weight is 255 g/mol. The molecule has 0 unspecified atom stereocenters. The second kappa shape index (κ2) is 8.17. The van der Waals surface area contributed by atoms with E-state index < -0.39 is 0 Å². The van der Waals surface area contributed by atoms with Gasteiger partial charge in [0, 0.05) is 12.8 Å². The Morgan fingerprint density at radius 3 is 2.65 bits per heavy atom. The van der Waals surface area contributed by atoms with Crippen LogP contribution in [0.2, 0.25) is 0 Å². The number of carbonyl (C=O) groups is 1. The molecule has 1 aromatic heterocycles. The summed E-state index contributed by atoms with van der Waals surface area (Å²) in [4.78, 5) is 11.5. The van der Waals surface area contributed by atoms with Gasteiger partial charge in [0.15, 0.2) is 0 Å². The highest BCUT2D eigenvalue weighted by Crippen LogP contribution is 2.17. The Hall–Kier alpha value is -0.970. The normalized spacial score (nSPS) is 10.5. The van der Waals surface area contributed by atoms with E-state index in [1.165, 1.54) is 11.3 Å². The zero-order valence-electron chi connectivity index (χ0n) is 10.7. The Kier molecular flexibility index (Phi) is 6.77. The molecular formula is C12H21N3OS. The van der Waals surface area contributed by atoms with Gasteiger partial charge in [-0.1, -0.05) is 44.4 Å². The quantitative estimate of drug-likeness (QED) is 0.724. The number of unbranched alkanes of at least 4 members (excludes halogenated alkanes) is 3. The van der Waals surface area contributed by atoms with Crippen LogP contribution in [0.5, 0.6) is 0 Å². The first kappa shape index (κ1) is 14.1. The van der Waals surface area contributed by atoms with Crippen LogP contribution in [0, 0.1) is 0 Å². The Morgan fingerprint density at radius 1 is 1.18 bits per heavy atom. The first-order chi connectivity index (χ1) is 8.26. The Morgan fingerprint density at radius 2 is 1.94 bits per heavy atom. The van der Waals surface area contributed by atoms with Gasteiger partial charge < -0.3 is 5.32 Å². The van der Waals surface area contributed by atoms with E-state index in [1.54, 1.807) is 0 Å². The summed E-state index contributed by atoms with van der Waals surface area (Å²) in [6.45, 7) is 4.28. The number of anilines is 1. The average Bonchev–Trinajstić information content (AvgIpc) is 2.74. The van der Waals surface area contributed by atoms with Gasteiger partial charge in [0.2, 0.25) is 11.0 Å². The molecule has 0 bridgehead atoms. The molecule has 1 N–H and O–H groups in total. The minimum Gasteiger partial charge on any atom is -0.301 e. The summed E-state index contributed by atoms with van der Waals surface area (Å²) in [5.74, 6) is 0.0524. The molecule has 1 amide bonds. The fourth-order valence-electron chi connectivity index (χ4n) is 1.45. The summed E-state index contributed by atoms with van der Waals surface area (Å²) in [6, 6.07) is 0. The van der Waals surface area contributed by atoms with Crippen LogP contribution in [0.3, 0.4) is 0 Å². The number of hydrogen-bond acceptors (Lipinski definition) is 4. The monoisotopic (exact) mass is 255 g/mol. The molecule has 0 atom stereocenters. The number of nitrogens with zero attached hydrogens (tertiary/aromatic N) is 2. The molecule has 1 rings (SSSR count). The first-order valence-corrected chi connectivity index (χ1v) is 7.20. The van der Waals surface area contributed by atoms with Crippen LogP contribution < -0.4 is 5.32 Å². The summed E-state index contributed by atoms with van der Waals surface area (Å²) >= 11 is 1.49. The lowest BCUT2D eigenvalue weighted by Gasteiger charge is -1.99. The second-order valence-electron chi connectivity index (χ2n) is 4.11. The third-order valence-electron chi connectivity index (χ3n) is 2.46. The Balaban J connectivity index is 2.30. The van der Waals surface area contributed by atoms with Crippen LogP contribution in [0.4, 0.5) is 5.13 Å². The lowest BCUT2D eigenvalue weighted by atomic mass is 10.2. The van der Waals surface area contributed by atoms with Gasteiger partial charge in [0.1, 0.15) is 5.01 Å². The minimum absolute atomic E-state index is 0.0524. The molecule has 4 nitrogen and oxygen atoms in total. The number of aryl methyl sites for hydroxylation is 1. The van der Waals surface area contributed by atoms with E-state index in [0.717, 1.165) is 43.5 Å². The molecule has 0 spiro atoms. The molecule has 96 valence electrons. The second-order valence-corrected chi connectivity index (χ2v) is 5.17. The van der Waals surface area contributed by atoms with Crippen LogP contribution in [0.25, 0.3) is 0 Å². The van der Waals surface area contributed by atoms with E-state index in [1.807, 2.05) is 0 Å². The highest BCUT2D eigenvalue weighted by molar-refractivity contribution is 7.15. The molecule has 0 aliphatic carbocycles. The molecular weight excluding hydrogens is 234 g/mol. The summed E-state index contributed by atoms with van der Waals surface area (Å²) in [6.07, 6.45) is 7.00. The first-order valence-electron chi connectivity index (χ1n) is 6.38. The van der Waals surface area contributed by atoms with E-state index in [0.29, 0.717) is 11.6 Å². The van der Waals surface area contributed by atoms with E-state index in [9.17, 15) is 4.79 Å². The van der Waals surface area contributed by atoms with Gasteiger partial charge in [-0.25, -0.2) is 0 Å². The largest absolute Gasteiger partial charge is 0.301 e. The fourth-order valence-corrected chi connectivity index (χ4v) is 2.25. The van der Waals surface area contributed by atoms with Crippen molar-refractivity contribution in [3.8, 4) is 0 Å². The molecule has 0 aliphatic rings. The van der Waals surface area contributed by atoms with E-state index >= 15 is 0 Å². The van der Waals surface area contributed by atoms with E-state index in [4.69, 9.17) is 0 Å². The number of hydrogen-bond donors (Lipinski definition) is 1. The lowest BCUT2D eigenvalue weighted by Crippen LogP contribution is -2.10. The van der Waals surface area contributed by atoms with Gasteiger partial charge in [-0.2, -0.15) is 0 Å². The molecule has 0 radical (unpaired) electrons. The minimum atomic E-state index is 0.0524. The van der Waals surface area contributed by atoms with Gasteiger partial charge in [-0.3, -0.25) is 4.79 Å². The SMILES string of the molecule is CCCCCC(=O)Nc1nnc(CCCC)s1. The number of amides is 1. The molecule has 0 saturated carbocycles. The van der Waals surface area contributed by atoms with Crippen LogP contribution in [0.1, 0.15) is 57.4 Å². The van der Waals surface area contributed by atoms with Crippen LogP contribution >= 0.6 is 11.3 Å². The number of carbonyl (C=O) groups excluding carboxylic acids is 1. The predicted octanol–water partition coefficient (Wildman–Crippen LogP) is 3.40. The Labute approximate surface area is 107 Å². The van der Waals surface area contributed by atoms with Crippen molar-refractivity contribution in [2.75, 3.05) is 5.32 Å². The molecule has 1 aromatic rings. The summed E-state index contributed by atoms with van der Waals surface area (Å²) in [5.41, 5.74) is 0. The van der Waals surface area contributed by atoms with Crippen molar-refractivity contribution in [1.82, 2.24) is 10.2 Å². The highest BCUT2D eigenvalue weighted by atomic mass is 32.1. The highest BCUT2D eigenvalue weighted by Gasteiger charge is 2.07. The topological polar surface area (TPSA) is 54.9 Å². The molecule has 0 aromatic carbocycles. The maximum absolute atomic E-state index is 11.5. The van der Waals surface area contributed by atoms with Gasteiger partial charge in [0.05, 0.1) is 0 Å². The smallest absolute Gasteiger partial charge is 0.226 e. The number of aromatic nitrogens is 2. The molecule has 0 saturated heterocycles. The number of nitrogens with one attached hydrogen (secondary N) is 1. The van der Waals surface area contributed by atoms with E-state index in [-0.39, 0.29) is 5.91 Å². The van der Waals surface area contributed by atoms with Crippen LogP contribution in [-0.2, 0) is 11.2 Å². The maximum atomic E-state index is 11.5. The van der Waals surface area contributed by atoms with Crippen molar-refractivity contribution in [3.05, 3.63) is 5.01 Å². The zero-order chi connectivity index (χ0) is 12.5. The van der Waals surface area contributed by atoms with Crippen LogP contribution in [-0.4, -0.2) is 16.1 Å². The lowest BCUT2D eigenvalue weighted by molar-refractivity contribution is -0.116. The van der Waals surface area contributed by atoms with Gasteiger partial charge in [-0.05, 0) is 12.8 Å². The Bertz CT molecular complexity index is 338. The standard InChI is InChI=1S/C12H21N3OS/c1-3-5-7-8-10(16)13-12-15-14-11(17-12)9-6-4-2/h3-9H2,1-2H3,(H,13,15,16). The number of rotatable bonds is 8. The third-order valence-corrected chi connectivity index (χ3v) is 3.36. The molecule has 5 heteroatoms. The maximum Gasteiger partial charge on any atom is 0.226 e. The molecule has 17 heavy (non-hydrogen) atoms. The van der Waals surface area contributed by atoms with Crippen molar-refractivity contribution in [2.24, 2.45) is 0 Å². The van der Waals surface area contributed by atoms with Crippen molar-refractivity contribution in [1.29, 1.82) is 0 Å². The third kappa shape index (κ3) is 5.77. The molecule has 0 aliphatic heterocycles. The van der Waals surface area contributed by atoms with Crippen molar-refractivity contribution < 1.29 is 4.79 Å². The zero-order valence-corrected chi connectivity index (χ0v) is 11.5. The van der Waals surface area contributed by atoms with Crippen molar-refractivity contribution in [2.45, 2.75) is 58.8 Å². The predicted molar refractivity (Wildman–Crippen MR) is 71.3 cm³/mol. The van der Waals surface area contributed by atoms with Crippen molar-refractivity contribution in [3.63, 3.8) is 0 Å². The van der Waals surface area contributed by atoms with E-state index in [2.05, 4.69) is 29.4 Å².